The zero-order valence-corrected chi connectivity index (χ0v) is 10.0. The van der Waals surface area contributed by atoms with Crippen molar-refractivity contribution < 1.29 is 4.74 Å². The van der Waals surface area contributed by atoms with Crippen LogP contribution >= 0.6 is 0 Å². The van der Waals surface area contributed by atoms with Crippen molar-refractivity contribution in [2.45, 2.75) is 26.3 Å². The third-order valence-corrected chi connectivity index (χ3v) is 3.90. The number of morpholine rings is 1. The summed E-state index contributed by atoms with van der Waals surface area (Å²) < 4.78 is 5.48. The Balaban J connectivity index is 1.74. The Morgan fingerprint density at radius 2 is 2.20 bits per heavy atom. The number of hydrogen-bond donors (Lipinski definition) is 1. The van der Waals surface area contributed by atoms with Crippen LogP contribution in [0.25, 0.3) is 0 Å². The lowest BCUT2D eigenvalue weighted by molar-refractivity contribution is 0.0489. The van der Waals surface area contributed by atoms with Crippen molar-refractivity contribution in [1.29, 1.82) is 0 Å². The lowest BCUT2D eigenvalue weighted by atomic mass is 9.88. The van der Waals surface area contributed by atoms with Crippen molar-refractivity contribution >= 4 is 0 Å². The number of piperidine rings is 1. The number of likely N-dealkylation sites (tertiary alicyclic amines) is 1. The summed E-state index contributed by atoms with van der Waals surface area (Å²) in [5.74, 6) is 1.75. The fourth-order valence-corrected chi connectivity index (χ4v) is 2.56. The molecule has 2 heterocycles. The molecular weight excluding hydrogens is 188 g/mol. The van der Waals surface area contributed by atoms with Crippen LogP contribution in [0.2, 0.25) is 0 Å². The van der Waals surface area contributed by atoms with Gasteiger partial charge in [0, 0.05) is 25.7 Å². The molecule has 0 aromatic carbocycles. The summed E-state index contributed by atoms with van der Waals surface area (Å²) in [5, 5.41) is 3.53. The first-order valence-electron chi connectivity index (χ1n) is 6.29. The van der Waals surface area contributed by atoms with Gasteiger partial charge in [-0.25, -0.2) is 0 Å². The molecule has 1 N–H and O–H groups in total. The minimum absolute atomic E-state index is 0.555. The van der Waals surface area contributed by atoms with Crippen LogP contribution in [0.1, 0.15) is 20.3 Å². The topological polar surface area (TPSA) is 24.5 Å². The van der Waals surface area contributed by atoms with Crippen LogP contribution in [0.15, 0.2) is 0 Å². The largest absolute Gasteiger partial charge is 0.378 e. The summed E-state index contributed by atoms with van der Waals surface area (Å²) in [6.07, 6.45) is 1.36. The van der Waals surface area contributed by atoms with E-state index in [9.17, 15) is 0 Å². The first-order valence-corrected chi connectivity index (χ1v) is 6.29. The van der Waals surface area contributed by atoms with Crippen molar-refractivity contribution in [2.75, 3.05) is 39.4 Å². The van der Waals surface area contributed by atoms with Crippen LogP contribution < -0.4 is 5.32 Å². The minimum atomic E-state index is 0.555. The average molecular weight is 212 g/mol. The Bertz CT molecular complexity index is 192. The van der Waals surface area contributed by atoms with Gasteiger partial charge in [-0.2, -0.15) is 0 Å². The standard InChI is InChI=1S/C12H24N2O/c1-10-3-5-14(7-11(10)2)8-12-9-15-6-4-13-12/h10-13H,3-9H2,1-2H3. The molecule has 2 aliphatic rings. The van der Waals surface area contributed by atoms with E-state index in [0.717, 1.165) is 38.1 Å². The van der Waals surface area contributed by atoms with E-state index in [-0.39, 0.29) is 0 Å². The Kier molecular flexibility index (Phi) is 4.00. The van der Waals surface area contributed by atoms with E-state index in [1.54, 1.807) is 0 Å². The van der Waals surface area contributed by atoms with E-state index in [2.05, 4.69) is 24.1 Å². The van der Waals surface area contributed by atoms with Gasteiger partial charge in [0.05, 0.1) is 13.2 Å². The van der Waals surface area contributed by atoms with Crippen LogP contribution in [-0.4, -0.2) is 50.3 Å². The molecule has 15 heavy (non-hydrogen) atoms. The highest BCUT2D eigenvalue weighted by Gasteiger charge is 2.25. The van der Waals surface area contributed by atoms with Crippen LogP contribution in [0, 0.1) is 11.8 Å². The Morgan fingerprint density at radius 1 is 1.33 bits per heavy atom. The van der Waals surface area contributed by atoms with Gasteiger partial charge in [0.1, 0.15) is 0 Å². The first-order chi connectivity index (χ1) is 7.25. The summed E-state index contributed by atoms with van der Waals surface area (Å²) in [4.78, 5) is 2.59. The van der Waals surface area contributed by atoms with Gasteiger partial charge in [0.25, 0.3) is 0 Å². The molecule has 0 radical (unpaired) electrons. The lowest BCUT2D eigenvalue weighted by Gasteiger charge is -2.38. The van der Waals surface area contributed by atoms with Gasteiger partial charge in [-0.15, -0.1) is 0 Å². The normalized spacial score (nSPS) is 39.2. The van der Waals surface area contributed by atoms with Gasteiger partial charge < -0.3 is 15.0 Å². The number of ether oxygens (including phenoxy) is 1. The molecule has 3 nitrogen and oxygen atoms in total. The van der Waals surface area contributed by atoms with Crippen molar-refractivity contribution in [2.24, 2.45) is 11.8 Å². The number of nitrogens with one attached hydrogen (secondary N) is 1. The molecule has 0 spiro atoms. The predicted octanol–water partition coefficient (Wildman–Crippen LogP) is 0.953. The minimum Gasteiger partial charge on any atom is -0.378 e. The Hall–Kier alpha value is -0.120. The van der Waals surface area contributed by atoms with Crippen molar-refractivity contribution in [3.8, 4) is 0 Å². The number of hydrogen-bond acceptors (Lipinski definition) is 3. The molecule has 2 saturated heterocycles. The molecular formula is C12H24N2O. The highest BCUT2D eigenvalue weighted by molar-refractivity contribution is 4.80. The van der Waals surface area contributed by atoms with Crippen molar-refractivity contribution in [1.82, 2.24) is 10.2 Å². The molecule has 3 unspecified atom stereocenters. The monoisotopic (exact) mass is 212 g/mol. The molecule has 0 aliphatic carbocycles. The zero-order chi connectivity index (χ0) is 10.7. The molecule has 0 aromatic heterocycles. The number of rotatable bonds is 2. The maximum atomic E-state index is 5.48. The van der Waals surface area contributed by atoms with Crippen LogP contribution in [-0.2, 0) is 4.74 Å². The lowest BCUT2D eigenvalue weighted by Crippen LogP contribution is -2.51. The summed E-state index contributed by atoms with van der Waals surface area (Å²) in [7, 11) is 0. The third-order valence-electron chi connectivity index (χ3n) is 3.90. The Morgan fingerprint density at radius 3 is 2.87 bits per heavy atom. The molecule has 2 aliphatic heterocycles. The van der Waals surface area contributed by atoms with E-state index >= 15 is 0 Å². The Labute approximate surface area is 93.2 Å². The second-order valence-electron chi connectivity index (χ2n) is 5.23. The molecule has 0 saturated carbocycles. The van der Waals surface area contributed by atoms with Gasteiger partial charge >= 0.3 is 0 Å². The fourth-order valence-electron chi connectivity index (χ4n) is 2.56. The smallest absolute Gasteiger partial charge is 0.0632 e. The van der Waals surface area contributed by atoms with Crippen LogP contribution in [0.3, 0.4) is 0 Å². The van der Waals surface area contributed by atoms with Gasteiger partial charge in [-0.1, -0.05) is 13.8 Å². The molecule has 2 rings (SSSR count). The van der Waals surface area contributed by atoms with E-state index in [1.807, 2.05) is 0 Å². The molecule has 0 bridgehead atoms. The van der Waals surface area contributed by atoms with E-state index in [0.29, 0.717) is 6.04 Å². The summed E-state index contributed by atoms with van der Waals surface area (Å²) >= 11 is 0. The summed E-state index contributed by atoms with van der Waals surface area (Å²) in [6, 6.07) is 0.555. The highest BCUT2D eigenvalue weighted by atomic mass is 16.5. The van der Waals surface area contributed by atoms with E-state index in [1.165, 1.54) is 19.5 Å². The van der Waals surface area contributed by atoms with Gasteiger partial charge in [-0.05, 0) is 24.8 Å². The molecule has 0 aromatic rings. The van der Waals surface area contributed by atoms with Crippen molar-refractivity contribution in [3.63, 3.8) is 0 Å². The van der Waals surface area contributed by atoms with Crippen molar-refractivity contribution in [3.05, 3.63) is 0 Å². The molecule has 0 amide bonds. The third kappa shape index (κ3) is 3.16. The van der Waals surface area contributed by atoms with Gasteiger partial charge in [-0.3, -0.25) is 0 Å². The highest BCUT2D eigenvalue weighted by Crippen LogP contribution is 2.22. The van der Waals surface area contributed by atoms with Crippen LogP contribution in [0.5, 0.6) is 0 Å². The molecule has 2 fully saturated rings. The predicted molar refractivity (Wildman–Crippen MR) is 62.0 cm³/mol. The fraction of sp³-hybridized carbons (Fsp3) is 1.00. The summed E-state index contributed by atoms with van der Waals surface area (Å²) in [5.41, 5.74) is 0. The second kappa shape index (κ2) is 5.28. The maximum absolute atomic E-state index is 5.48. The van der Waals surface area contributed by atoms with Crippen LogP contribution in [0.4, 0.5) is 0 Å². The second-order valence-corrected chi connectivity index (χ2v) is 5.23. The summed E-state index contributed by atoms with van der Waals surface area (Å²) in [6.45, 7) is 11.2. The quantitative estimate of drug-likeness (QED) is 0.737. The molecule has 3 heteroatoms. The van der Waals surface area contributed by atoms with E-state index in [4.69, 9.17) is 4.74 Å². The first kappa shape index (κ1) is 11.4. The average Bonchev–Trinajstić information content (AvgIpc) is 2.25. The number of nitrogens with zero attached hydrogens (tertiary/aromatic N) is 1. The molecule has 3 atom stereocenters. The molecule has 88 valence electrons. The van der Waals surface area contributed by atoms with Gasteiger partial charge in [0.15, 0.2) is 0 Å². The maximum Gasteiger partial charge on any atom is 0.0632 e. The van der Waals surface area contributed by atoms with Gasteiger partial charge in [0.2, 0.25) is 0 Å². The zero-order valence-electron chi connectivity index (χ0n) is 10.0. The SMILES string of the molecule is CC1CCN(CC2COCCN2)CC1C. The van der Waals surface area contributed by atoms with E-state index < -0.39 is 0 Å².